The van der Waals surface area contributed by atoms with Gasteiger partial charge in [0.2, 0.25) is 0 Å². The van der Waals surface area contributed by atoms with Crippen LogP contribution in [0.2, 0.25) is 0 Å². The van der Waals surface area contributed by atoms with Crippen LogP contribution in [0.5, 0.6) is 0 Å². The first-order valence-corrected chi connectivity index (χ1v) is 6.10. The summed E-state index contributed by atoms with van der Waals surface area (Å²) in [4.78, 5) is 0.586. The third kappa shape index (κ3) is 0.925. The minimum absolute atomic E-state index is 0.215. The Morgan fingerprint density at radius 3 is 2.10 bits per heavy atom. The molecule has 0 aromatic heterocycles. The first-order valence-electron chi connectivity index (χ1n) is 3.36. The van der Waals surface area contributed by atoms with E-state index in [2.05, 4.69) is 15.9 Å². The van der Waals surface area contributed by atoms with Crippen molar-refractivity contribution in [2.24, 2.45) is 5.41 Å². The maximum atomic E-state index is 10.8. The van der Waals surface area contributed by atoms with Crippen molar-refractivity contribution in [1.29, 1.82) is 0 Å². The van der Waals surface area contributed by atoms with E-state index in [0.29, 0.717) is 16.3 Å². The molecule has 2 rings (SSSR count). The molecule has 1 saturated heterocycles. The van der Waals surface area contributed by atoms with E-state index in [9.17, 15) is 8.42 Å². The van der Waals surface area contributed by atoms with Crippen molar-refractivity contribution in [3.63, 3.8) is 0 Å². The molecule has 1 aliphatic carbocycles. The Balaban J connectivity index is 2.03. The quantitative estimate of drug-likeness (QED) is 0.575. The Bertz CT molecular complexity index is 237. The maximum Gasteiger partial charge on any atom is 0.151 e. The van der Waals surface area contributed by atoms with Crippen molar-refractivity contribution >= 4 is 25.8 Å². The molecule has 1 spiro atoms. The highest BCUT2D eigenvalue weighted by atomic mass is 79.9. The van der Waals surface area contributed by atoms with Gasteiger partial charge >= 0.3 is 0 Å². The van der Waals surface area contributed by atoms with Gasteiger partial charge in [-0.25, -0.2) is 8.42 Å². The van der Waals surface area contributed by atoms with Crippen molar-refractivity contribution in [3.8, 4) is 0 Å². The Morgan fingerprint density at radius 1 is 1.30 bits per heavy atom. The lowest BCUT2D eigenvalue weighted by Crippen LogP contribution is -2.56. The first-order chi connectivity index (χ1) is 4.52. The van der Waals surface area contributed by atoms with Gasteiger partial charge in [-0.1, -0.05) is 15.9 Å². The van der Waals surface area contributed by atoms with Gasteiger partial charge in [0.25, 0.3) is 0 Å². The molecular weight excluding hydrogens is 216 g/mol. The highest BCUT2D eigenvalue weighted by Gasteiger charge is 2.55. The highest BCUT2D eigenvalue weighted by Crippen LogP contribution is 2.52. The molecule has 0 radical (unpaired) electrons. The van der Waals surface area contributed by atoms with Crippen molar-refractivity contribution in [1.82, 2.24) is 0 Å². The average molecular weight is 225 g/mol. The van der Waals surface area contributed by atoms with Crippen molar-refractivity contribution < 1.29 is 8.42 Å². The van der Waals surface area contributed by atoms with Gasteiger partial charge in [0, 0.05) is 10.2 Å². The number of alkyl halides is 1. The number of halogens is 1. The summed E-state index contributed by atoms with van der Waals surface area (Å²) in [6.45, 7) is 0. The predicted octanol–water partition coefficient (Wildman–Crippen LogP) is 0.959. The van der Waals surface area contributed by atoms with Gasteiger partial charge in [-0.3, -0.25) is 0 Å². The fourth-order valence-electron chi connectivity index (χ4n) is 2.01. The third-order valence-corrected chi connectivity index (χ3v) is 5.11. The molecular formula is C6H9BrO2S. The van der Waals surface area contributed by atoms with E-state index in [1.807, 2.05) is 0 Å². The molecule has 4 heteroatoms. The molecule has 1 saturated carbocycles. The zero-order valence-corrected chi connectivity index (χ0v) is 7.91. The summed E-state index contributed by atoms with van der Waals surface area (Å²) in [6.07, 6.45) is 2.12. The molecule has 0 atom stereocenters. The molecule has 0 aromatic rings. The van der Waals surface area contributed by atoms with E-state index in [0.717, 1.165) is 12.8 Å². The van der Waals surface area contributed by atoms with Gasteiger partial charge < -0.3 is 0 Å². The lowest BCUT2D eigenvalue weighted by atomic mass is 9.71. The van der Waals surface area contributed by atoms with Crippen LogP contribution < -0.4 is 0 Å². The summed E-state index contributed by atoms with van der Waals surface area (Å²) in [7, 11) is -2.59. The highest BCUT2D eigenvalue weighted by molar-refractivity contribution is 9.09. The molecule has 1 aliphatic heterocycles. The summed E-state index contributed by atoms with van der Waals surface area (Å²) in [5, 5.41) is 0. The van der Waals surface area contributed by atoms with Gasteiger partial charge in [-0.05, 0) is 12.8 Å². The first kappa shape index (κ1) is 7.10. The molecule has 0 bridgehead atoms. The molecule has 0 N–H and O–H groups in total. The molecule has 2 nitrogen and oxygen atoms in total. The van der Waals surface area contributed by atoms with Gasteiger partial charge in [0.15, 0.2) is 9.84 Å². The normalized spacial score (nSPS) is 34.9. The van der Waals surface area contributed by atoms with Crippen LogP contribution >= 0.6 is 15.9 Å². The van der Waals surface area contributed by atoms with Crippen LogP contribution in [0.4, 0.5) is 0 Å². The number of hydrogen-bond acceptors (Lipinski definition) is 2. The van der Waals surface area contributed by atoms with Crippen LogP contribution in [0.15, 0.2) is 0 Å². The molecule has 58 valence electrons. The standard InChI is InChI=1S/C6H9BrO2S/c7-5-1-6(2-5)3-10(8,9)4-6/h5H,1-4H2. The van der Waals surface area contributed by atoms with Crippen LogP contribution in [0.1, 0.15) is 12.8 Å². The summed E-state index contributed by atoms with van der Waals surface area (Å²) in [5.74, 6) is 0.893. The van der Waals surface area contributed by atoms with Crippen molar-refractivity contribution in [2.45, 2.75) is 17.7 Å². The van der Waals surface area contributed by atoms with Crippen LogP contribution in [-0.2, 0) is 9.84 Å². The van der Waals surface area contributed by atoms with E-state index in [1.165, 1.54) is 0 Å². The Hall–Kier alpha value is 0.430. The van der Waals surface area contributed by atoms with E-state index < -0.39 is 9.84 Å². The SMILES string of the molecule is O=S1(=O)CC2(CC(Br)C2)C1. The second kappa shape index (κ2) is 1.78. The van der Waals surface area contributed by atoms with Crippen LogP contribution in [0.25, 0.3) is 0 Å². The van der Waals surface area contributed by atoms with E-state index in [-0.39, 0.29) is 5.41 Å². The average Bonchev–Trinajstić information content (AvgIpc) is 1.55. The largest absolute Gasteiger partial charge is 0.229 e. The van der Waals surface area contributed by atoms with E-state index >= 15 is 0 Å². The van der Waals surface area contributed by atoms with E-state index in [1.54, 1.807) is 0 Å². The Labute approximate surface area is 69.0 Å². The monoisotopic (exact) mass is 224 g/mol. The van der Waals surface area contributed by atoms with Gasteiger partial charge in [-0.2, -0.15) is 0 Å². The number of sulfone groups is 1. The van der Waals surface area contributed by atoms with Crippen LogP contribution in [0, 0.1) is 5.41 Å². The Morgan fingerprint density at radius 2 is 1.80 bits per heavy atom. The molecule has 0 unspecified atom stereocenters. The fraction of sp³-hybridized carbons (Fsp3) is 1.00. The second-order valence-electron chi connectivity index (χ2n) is 3.54. The van der Waals surface area contributed by atoms with Crippen molar-refractivity contribution in [3.05, 3.63) is 0 Å². The Kier molecular flexibility index (Phi) is 1.26. The smallest absolute Gasteiger partial charge is 0.151 e. The zero-order chi connectivity index (χ0) is 7.41. The second-order valence-corrected chi connectivity index (χ2v) is 6.90. The lowest BCUT2D eigenvalue weighted by molar-refractivity contribution is 0.188. The molecule has 2 aliphatic rings. The molecule has 10 heavy (non-hydrogen) atoms. The molecule has 2 fully saturated rings. The van der Waals surface area contributed by atoms with E-state index in [4.69, 9.17) is 0 Å². The molecule has 0 aromatic carbocycles. The van der Waals surface area contributed by atoms with Crippen LogP contribution in [-0.4, -0.2) is 24.8 Å². The summed E-state index contributed by atoms with van der Waals surface area (Å²) in [6, 6.07) is 0. The van der Waals surface area contributed by atoms with Gasteiger partial charge in [-0.15, -0.1) is 0 Å². The fourth-order valence-corrected chi connectivity index (χ4v) is 5.63. The molecule has 1 heterocycles. The van der Waals surface area contributed by atoms with Crippen LogP contribution in [0.3, 0.4) is 0 Å². The lowest BCUT2D eigenvalue weighted by Gasteiger charge is -2.51. The van der Waals surface area contributed by atoms with Gasteiger partial charge in [0.05, 0.1) is 11.5 Å². The van der Waals surface area contributed by atoms with Gasteiger partial charge in [0.1, 0.15) is 0 Å². The summed E-state index contributed by atoms with van der Waals surface area (Å²) in [5.41, 5.74) is 0.215. The predicted molar refractivity (Wildman–Crippen MR) is 43.0 cm³/mol. The minimum atomic E-state index is -2.59. The number of hydrogen-bond donors (Lipinski definition) is 0. The maximum absolute atomic E-state index is 10.8. The topological polar surface area (TPSA) is 34.1 Å². The number of rotatable bonds is 0. The molecule has 0 amide bonds. The minimum Gasteiger partial charge on any atom is -0.229 e. The third-order valence-electron chi connectivity index (χ3n) is 2.36. The summed E-state index contributed by atoms with van der Waals surface area (Å²) < 4.78 is 21.6. The zero-order valence-electron chi connectivity index (χ0n) is 5.51. The van der Waals surface area contributed by atoms with Crippen molar-refractivity contribution in [2.75, 3.05) is 11.5 Å². The summed E-state index contributed by atoms with van der Waals surface area (Å²) >= 11 is 3.45.